The van der Waals surface area contributed by atoms with Crippen molar-refractivity contribution in [1.29, 1.82) is 0 Å². The molecule has 1 rings (SSSR count). The van der Waals surface area contributed by atoms with Gasteiger partial charge in [-0.2, -0.15) is 9.35 Å². The van der Waals surface area contributed by atoms with Gasteiger partial charge in [-0.25, -0.2) is 9.69 Å². The molecule has 3 unspecified atom stereocenters. The van der Waals surface area contributed by atoms with Crippen molar-refractivity contribution >= 4 is 17.0 Å². The lowest BCUT2D eigenvalue weighted by atomic mass is 9.99. The number of carbonyl (C=O) groups is 1. The molecule has 0 aromatic rings. The minimum absolute atomic E-state index is 0.0657. The molecule has 0 aromatic heterocycles. The summed E-state index contributed by atoms with van der Waals surface area (Å²) in [4.78, 5) is 11.0. The van der Waals surface area contributed by atoms with Crippen LogP contribution in [0.1, 0.15) is 19.8 Å². The first-order valence-corrected chi connectivity index (χ1v) is 6.93. The van der Waals surface area contributed by atoms with Gasteiger partial charge in [-0.05, 0) is 12.8 Å². The molecule has 0 spiro atoms. The predicted molar refractivity (Wildman–Crippen MR) is 62.3 cm³/mol. The van der Waals surface area contributed by atoms with Crippen molar-refractivity contribution in [1.82, 2.24) is 15.9 Å². The normalized spacial score (nSPS) is 27.7. The van der Waals surface area contributed by atoms with Gasteiger partial charge in [0.2, 0.25) is 5.91 Å². The molecule has 3 atom stereocenters. The first-order chi connectivity index (χ1) is 8.02. The van der Waals surface area contributed by atoms with E-state index >= 15 is 0 Å². The van der Waals surface area contributed by atoms with Crippen molar-refractivity contribution in [3.63, 3.8) is 0 Å². The maximum atomic E-state index is 11.0. The minimum Gasteiger partial charge on any atom is -0.354 e. The molecule has 0 radical (unpaired) electrons. The van der Waals surface area contributed by atoms with E-state index in [1.165, 1.54) is 13.2 Å². The molecule has 1 aliphatic rings. The van der Waals surface area contributed by atoms with Crippen molar-refractivity contribution in [2.24, 2.45) is 0 Å². The lowest BCUT2D eigenvalue weighted by molar-refractivity contribution is -0.126. The topological polar surface area (TPSA) is 90.9 Å². The van der Waals surface area contributed by atoms with Gasteiger partial charge in [-0.3, -0.25) is 4.79 Å². The number of nitrogens with one attached hydrogen (secondary N) is 2. The van der Waals surface area contributed by atoms with Gasteiger partial charge in [0, 0.05) is 32.3 Å². The van der Waals surface area contributed by atoms with E-state index in [2.05, 4.69) is 10.8 Å². The zero-order valence-electron chi connectivity index (χ0n) is 10.0. The van der Waals surface area contributed by atoms with Crippen LogP contribution in [0.15, 0.2) is 0 Å². The van der Waals surface area contributed by atoms with Crippen molar-refractivity contribution in [2.75, 3.05) is 19.3 Å². The summed E-state index contributed by atoms with van der Waals surface area (Å²) >= 11 is -1.38. The highest BCUT2D eigenvalue weighted by molar-refractivity contribution is 7.79. The summed E-state index contributed by atoms with van der Waals surface area (Å²) in [6, 6.07) is -0.0505. The van der Waals surface area contributed by atoms with Gasteiger partial charge in [0.25, 0.3) is 0 Å². The van der Waals surface area contributed by atoms with Gasteiger partial charge in [0.05, 0.1) is 6.04 Å². The van der Waals surface area contributed by atoms with E-state index in [-0.39, 0.29) is 18.0 Å². The maximum absolute atomic E-state index is 11.0. The van der Waals surface area contributed by atoms with Crippen LogP contribution in [0.2, 0.25) is 0 Å². The Morgan fingerprint density at radius 3 is 2.88 bits per heavy atom. The van der Waals surface area contributed by atoms with Crippen LogP contribution in [0, 0.1) is 0 Å². The van der Waals surface area contributed by atoms with E-state index < -0.39 is 11.1 Å². The SMILES string of the molecule is CC(=O)NC1CCN(OS(C)=O)C(CNO)C1. The fourth-order valence-electron chi connectivity index (χ4n) is 1.97. The second-order valence-corrected chi connectivity index (χ2v) is 5.01. The average molecular weight is 265 g/mol. The highest BCUT2D eigenvalue weighted by atomic mass is 32.2. The van der Waals surface area contributed by atoms with Crippen molar-refractivity contribution in [3.8, 4) is 0 Å². The standard InChI is InChI=1S/C9H19N3O4S/c1-7(13)11-8-3-4-12(16-17(2)15)9(5-8)6-10-14/h8-10,14H,3-6H2,1-2H3,(H,11,13). The third kappa shape index (κ3) is 5.09. The molecular weight excluding hydrogens is 246 g/mol. The van der Waals surface area contributed by atoms with E-state index in [0.717, 1.165) is 6.42 Å². The molecule has 100 valence electrons. The number of amides is 1. The molecule has 17 heavy (non-hydrogen) atoms. The van der Waals surface area contributed by atoms with Gasteiger partial charge < -0.3 is 10.5 Å². The van der Waals surface area contributed by atoms with Crippen LogP contribution in [-0.2, 0) is 20.2 Å². The summed E-state index contributed by atoms with van der Waals surface area (Å²) in [5.74, 6) is -0.0702. The molecule has 1 heterocycles. The number of hydrogen-bond donors (Lipinski definition) is 3. The van der Waals surface area contributed by atoms with E-state index in [4.69, 9.17) is 9.49 Å². The summed E-state index contributed by atoms with van der Waals surface area (Å²) in [6.45, 7) is 2.34. The monoisotopic (exact) mass is 265 g/mol. The molecule has 0 saturated carbocycles. The number of rotatable bonds is 5. The van der Waals surface area contributed by atoms with Crippen LogP contribution >= 0.6 is 0 Å². The first-order valence-electron chi connectivity index (χ1n) is 5.45. The molecule has 0 aromatic carbocycles. The third-order valence-corrected chi connectivity index (χ3v) is 3.00. The Morgan fingerprint density at radius 2 is 2.35 bits per heavy atom. The molecule has 7 nitrogen and oxygen atoms in total. The molecule has 0 bridgehead atoms. The Hall–Kier alpha value is -0.540. The predicted octanol–water partition coefficient (Wildman–Crippen LogP) is -0.841. The molecule has 1 amide bonds. The molecular formula is C9H19N3O4S. The maximum Gasteiger partial charge on any atom is 0.217 e. The minimum atomic E-state index is -1.38. The lowest BCUT2D eigenvalue weighted by Gasteiger charge is -2.37. The fraction of sp³-hybridized carbons (Fsp3) is 0.889. The Bertz CT molecular complexity index is 289. The van der Waals surface area contributed by atoms with Gasteiger partial charge in [-0.1, -0.05) is 0 Å². The Balaban J connectivity index is 2.53. The van der Waals surface area contributed by atoms with Crippen LogP contribution in [0.4, 0.5) is 0 Å². The molecule has 3 N–H and O–H groups in total. The highest BCUT2D eigenvalue weighted by Crippen LogP contribution is 2.18. The second kappa shape index (κ2) is 7.02. The number of piperidine rings is 1. The van der Waals surface area contributed by atoms with Crippen LogP contribution in [-0.4, -0.2) is 51.8 Å². The Kier molecular flexibility index (Phi) is 6.00. The van der Waals surface area contributed by atoms with Crippen molar-refractivity contribution in [3.05, 3.63) is 0 Å². The van der Waals surface area contributed by atoms with E-state index in [0.29, 0.717) is 19.5 Å². The quantitative estimate of drug-likeness (QED) is 0.562. The van der Waals surface area contributed by atoms with E-state index in [1.807, 2.05) is 0 Å². The number of hydrogen-bond acceptors (Lipinski definition) is 6. The molecule has 1 aliphatic heterocycles. The largest absolute Gasteiger partial charge is 0.354 e. The lowest BCUT2D eigenvalue weighted by Crippen LogP contribution is -2.52. The second-order valence-electron chi connectivity index (χ2n) is 4.05. The summed E-state index contributed by atoms with van der Waals surface area (Å²) in [6.07, 6.45) is 2.83. The van der Waals surface area contributed by atoms with Gasteiger partial charge in [-0.15, -0.1) is 0 Å². The average Bonchev–Trinajstić information content (AvgIpc) is 2.21. The highest BCUT2D eigenvalue weighted by Gasteiger charge is 2.30. The molecule has 8 heteroatoms. The van der Waals surface area contributed by atoms with Gasteiger partial charge in [0.1, 0.15) is 0 Å². The van der Waals surface area contributed by atoms with Gasteiger partial charge >= 0.3 is 0 Å². The van der Waals surface area contributed by atoms with Crippen LogP contribution in [0.25, 0.3) is 0 Å². The first kappa shape index (κ1) is 14.5. The summed E-state index contributed by atoms with van der Waals surface area (Å²) in [7, 11) is 0. The Labute approximate surface area is 103 Å². The molecule has 1 saturated heterocycles. The van der Waals surface area contributed by atoms with Crippen LogP contribution in [0.5, 0.6) is 0 Å². The summed E-state index contributed by atoms with van der Waals surface area (Å²) in [5.41, 5.74) is 2.08. The molecule has 1 fully saturated rings. The number of hydroxylamine groups is 3. The number of nitrogens with zero attached hydrogens (tertiary/aromatic N) is 1. The third-order valence-electron chi connectivity index (χ3n) is 2.60. The molecule has 0 aliphatic carbocycles. The zero-order chi connectivity index (χ0) is 12.8. The fourth-order valence-corrected chi connectivity index (χ4v) is 2.44. The van der Waals surface area contributed by atoms with Crippen molar-refractivity contribution in [2.45, 2.75) is 31.8 Å². The number of carbonyl (C=O) groups excluding carboxylic acids is 1. The zero-order valence-corrected chi connectivity index (χ0v) is 10.8. The Morgan fingerprint density at radius 1 is 1.65 bits per heavy atom. The van der Waals surface area contributed by atoms with E-state index in [1.54, 1.807) is 5.06 Å². The van der Waals surface area contributed by atoms with Gasteiger partial charge in [0.15, 0.2) is 11.1 Å². The summed E-state index contributed by atoms with van der Waals surface area (Å²) < 4.78 is 16.2. The summed E-state index contributed by atoms with van der Waals surface area (Å²) in [5, 5.41) is 13.2. The van der Waals surface area contributed by atoms with E-state index in [9.17, 15) is 9.00 Å². The van der Waals surface area contributed by atoms with Crippen LogP contribution in [0.3, 0.4) is 0 Å². The van der Waals surface area contributed by atoms with Crippen LogP contribution < -0.4 is 10.8 Å². The van der Waals surface area contributed by atoms with Crippen molar-refractivity contribution < 1.29 is 18.5 Å². The smallest absolute Gasteiger partial charge is 0.217 e.